The molecular formula is C16H14FN5O2. The van der Waals surface area contributed by atoms with E-state index in [-0.39, 0.29) is 22.1 Å². The second-order valence-corrected chi connectivity index (χ2v) is 5.35. The van der Waals surface area contributed by atoms with Gasteiger partial charge in [-0.25, -0.2) is 9.18 Å². The lowest BCUT2D eigenvalue weighted by atomic mass is 10.1. The van der Waals surface area contributed by atoms with Gasteiger partial charge < -0.3 is 11.2 Å². The maximum absolute atomic E-state index is 14.3. The predicted octanol–water partition coefficient (Wildman–Crippen LogP) is 1.31. The first kappa shape index (κ1) is 15.6. The molecule has 0 saturated carbocycles. The summed E-state index contributed by atoms with van der Waals surface area (Å²) in [6.07, 6.45) is 1.58. The van der Waals surface area contributed by atoms with Crippen molar-refractivity contribution in [3.63, 3.8) is 0 Å². The number of nitrogen functional groups attached to an aromatic ring is 1. The highest BCUT2D eigenvalue weighted by atomic mass is 19.1. The number of pyridine rings is 2. The van der Waals surface area contributed by atoms with Crippen LogP contribution in [-0.2, 0) is 0 Å². The largest absolute Gasteiger partial charge is 0.870 e. The number of fused-ring (bicyclic) bond motifs is 3. The average molecular weight is 327 g/mol. The van der Waals surface area contributed by atoms with Crippen LogP contribution in [0.2, 0.25) is 0 Å². The summed E-state index contributed by atoms with van der Waals surface area (Å²) < 4.78 is 17.0. The first-order chi connectivity index (χ1) is 11.1. The van der Waals surface area contributed by atoms with Crippen molar-refractivity contribution in [1.29, 1.82) is 0 Å². The fraction of sp³-hybridized carbons (Fsp3) is 0.0625. The molecule has 4 aromatic rings. The van der Waals surface area contributed by atoms with Crippen LogP contribution in [0.15, 0.2) is 47.4 Å². The van der Waals surface area contributed by atoms with Gasteiger partial charge in [0, 0.05) is 22.8 Å². The molecule has 4 rings (SSSR count). The molecule has 0 atom stereocenters. The smallest absolute Gasteiger partial charge is 0.406 e. The first-order valence-electron chi connectivity index (χ1n) is 7.03. The molecule has 122 valence electrons. The summed E-state index contributed by atoms with van der Waals surface area (Å²) in [5.41, 5.74) is 7.90. The molecule has 0 aliphatic carbocycles. The van der Waals surface area contributed by atoms with Gasteiger partial charge in [0.2, 0.25) is 5.52 Å². The van der Waals surface area contributed by atoms with Gasteiger partial charge in [-0.05, 0) is 31.2 Å². The summed E-state index contributed by atoms with van der Waals surface area (Å²) in [7, 11) is 0. The van der Waals surface area contributed by atoms with Crippen molar-refractivity contribution in [2.75, 3.05) is 5.73 Å². The average Bonchev–Trinajstić information content (AvgIpc) is 2.86. The Kier molecular flexibility index (Phi) is 3.53. The van der Waals surface area contributed by atoms with E-state index in [2.05, 4.69) is 10.2 Å². The van der Waals surface area contributed by atoms with Crippen molar-refractivity contribution in [3.8, 4) is 5.69 Å². The molecule has 0 bridgehead atoms. The summed E-state index contributed by atoms with van der Waals surface area (Å²) >= 11 is 0. The summed E-state index contributed by atoms with van der Waals surface area (Å²) in [4.78, 5) is 16.8. The van der Waals surface area contributed by atoms with Crippen LogP contribution in [0.25, 0.3) is 22.1 Å². The maximum Gasteiger partial charge on any atom is 0.406 e. The highest BCUT2D eigenvalue weighted by molar-refractivity contribution is 5.89. The molecule has 0 radical (unpaired) electrons. The minimum Gasteiger partial charge on any atom is -0.870 e. The molecule has 0 unspecified atom stereocenters. The molecule has 3 aromatic heterocycles. The second kappa shape index (κ2) is 5.43. The highest BCUT2D eigenvalue weighted by Gasteiger charge is 2.22. The number of para-hydroxylation sites is 1. The molecular weight excluding hydrogens is 313 g/mol. The van der Waals surface area contributed by atoms with Crippen molar-refractivity contribution < 1.29 is 14.4 Å². The summed E-state index contributed by atoms with van der Waals surface area (Å²) in [6, 6.07) is 9.73. The van der Waals surface area contributed by atoms with Gasteiger partial charge in [-0.2, -0.15) is 0 Å². The zero-order chi connectivity index (χ0) is 16.1. The van der Waals surface area contributed by atoms with E-state index < -0.39 is 5.82 Å². The Labute approximate surface area is 135 Å². The van der Waals surface area contributed by atoms with Crippen LogP contribution in [0.1, 0.15) is 5.69 Å². The van der Waals surface area contributed by atoms with Gasteiger partial charge in [0.25, 0.3) is 0 Å². The van der Waals surface area contributed by atoms with E-state index in [4.69, 9.17) is 5.73 Å². The quantitative estimate of drug-likeness (QED) is 0.513. The molecule has 0 aliphatic rings. The van der Waals surface area contributed by atoms with E-state index in [1.54, 1.807) is 36.5 Å². The Hall–Kier alpha value is -3.26. The van der Waals surface area contributed by atoms with Gasteiger partial charge in [0.1, 0.15) is 0 Å². The van der Waals surface area contributed by atoms with E-state index in [0.29, 0.717) is 16.8 Å². The van der Waals surface area contributed by atoms with Gasteiger partial charge in [0.05, 0.1) is 6.20 Å². The predicted molar refractivity (Wildman–Crippen MR) is 85.9 cm³/mol. The Morgan fingerprint density at radius 1 is 1.29 bits per heavy atom. The second-order valence-electron chi connectivity index (χ2n) is 5.35. The number of nitrogens with one attached hydrogen (secondary N) is 1. The molecule has 7 nitrogen and oxygen atoms in total. The Morgan fingerprint density at radius 3 is 2.79 bits per heavy atom. The fourth-order valence-corrected chi connectivity index (χ4v) is 2.67. The van der Waals surface area contributed by atoms with Crippen LogP contribution < -0.4 is 15.8 Å². The number of hydrogen-bond acceptors (Lipinski definition) is 4. The summed E-state index contributed by atoms with van der Waals surface area (Å²) in [5, 5.41) is 3.44. The third-order valence-electron chi connectivity index (χ3n) is 3.83. The standard InChI is InChI=1S/C16H12FN5O.H2O/c1-9-5-6-10(8-19-9)21-16(23)14-7-13(18)11-3-2-4-12(17)15(11)22(14)20-21;/h2-8,18,20H,1H3;1H2. The van der Waals surface area contributed by atoms with E-state index in [9.17, 15) is 9.18 Å². The first-order valence-corrected chi connectivity index (χ1v) is 7.03. The van der Waals surface area contributed by atoms with Crippen LogP contribution in [0.3, 0.4) is 0 Å². The summed E-state index contributed by atoms with van der Waals surface area (Å²) in [5.74, 6) is -0.458. The fourth-order valence-electron chi connectivity index (χ4n) is 2.67. The summed E-state index contributed by atoms with van der Waals surface area (Å²) in [6.45, 7) is 1.86. The van der Waals surface area contributed by atoms with Crippen molar-refractivity contribution in [3.05, 3.63) is 64.5 Å². The minimum atomic E-state index is -0.458. The Bertz CT molecular complexity index is 1120. The molecule has 0 aliphatic heterocycles. The molecule has 24 heavy (non-hydrogen) atoms. The number of aromatic amines is 1. The number of benzene rings is 1. The molecule has 4 N–H and O–H groups in total. The number of rotatable bonds is 1. The molecule has 3 heterocycles. The third kappa shape index (κ3) is 2.12. The highest BCUT2D eigenvalue weighted by Crippen LogP contribution is 2.20. The maximum atomic E-state index is 14.3. The van der Waals surface area contributed by atoms with Crippen LogP contribution in [0.5, 0.6) is 0 Å². The molecule has 0 amide bonds. The molecule has 8 heteroatoms. The number of H-pyrrole nitrogens is 1. The lowest BCUT2D eigenvalue weighted by Crippen LogP contribution is -2.27. The molecule has 0 spiro atoms. The Balaban J connectivity index is 0.00000169. The lowest BCUT2D eigenvalue weighted by molar-refractivity contribution is -0.556. The number of hydrogen-bond donors (Lipinski definition) is 2. The van der Waals surface area contributed by atoms with E-state index in [1.165, 1.54) is 15.3 Å². The topological polar surface area (TPSA) is 111 Å². The van der Waals surface area contributed by atoms with Crippen LogP contribution in [0, 0.1) is 12.7 Å². The SMILES string of the molecule is Cc1ccc(-n2[nH][n+]3c(cc(N)c4cccc(F)c43)c2=O)cn1.[OH-]. The van der Waals surface area contributed by atoms with Crippen LogP contribution >= 0.6 is 0 Å². The molecule has 1 aromatic carbocycles. The van der Waals surface area contributed by atoms with E-state index in [0.717, 1.165) is 5.69 Å². The molecule has 0 fully saturated rings. The number of nitrogens with zero attached hydrogens (tertiary/aromatic N) is 3. The number of aromatic nitrogens is 4. The van der Waals surface area contributed by atoms with E-state index >= 15 is 0 Å². The minimum absolute atomic E-state index is 0. The van der Waals surface area contributed by atoms with Crippen molar-refractivity contribution in [1.82, 2.24) is 14.9 Å². The number of anilines is 1. The zero-order valence-electron chi connectivity index (χ0n) is 12.7. The van der Waals surface area contributed by atoms with Crippen LogP contribution in [-0.4, -0.2) is 20.4 Å². The zero-order valence-corrected chi connectivity index (χ0v) is 12.7. The molecule has 0 saturated heterocycles. The van der Waals surface area contributed by atoms with Gasteiger partial charge in [0.15, 0.2) is 17.0 Å². The number of nitrogens with two attached hydrogens (primary N) is 1. The van der Waals surface area contributed by atoms with Gasteiger partial charge in [-0.3, -0.25) is 4.98 Å². The van der Waals surface area contributed by atoms with Crippen molar-refractivity contribution in [2.24, 2.45) is 0 Å². The van der Waals surface area contributed by atoms with Crippen LogP contribution in [0.4, 0.5) is 10.1 Å². The third-order valence-corrected chi connectivity index (χ3v) is 3.83. The van der Waals surface area contributed by atoms with Crippen molar-refractivity contribution >= 4 is 22.1 Å². The number of aryl methyl sites for hydroxylation is 1. The van der Waals surface area contributed by atoms with Crippen molar-refractivity contribution in [2.45, 2.75) is 6.92 Å². The monoisotopic (exact) mass is 327 g/mol. The Morgan fingerprint density at radius 2 is 2.08 bits per heavy atom. The number of halogens is 1. The van der Waals surface area contributed by atoms with Gasteiger partial charge >= 0.3 is 5.56 Å². The van der Waals surface area contributed by atoms with Gasteiger partial charge in [-0.1, -0.05) is 16.0 Å². The van der Waals surface area contributed by atoms with Gasteiger partial charge in [-0.15, -0.1) is 4.52 Å². The lowest BCUT2D eigenvalue weighted by Gasteiger charge is -2.00. The van der Waals surface area contributed by atoms with E-state index in [1.807, 2.05) is 6.92 Å². The normalized spacial score (nSPS) is 10.9.